The lowest BCUT2D eigenvalue weighted by molar-refractivity contribution is -0.120. The number of amides is 2. The van der Waals surface area contributed by atoms with Crippen LogP contribution in [0.5, 0.6) is 0 Å². The second-order valence-corrected chi connectivity index (χ2v) is 8.48. The summed E-state index contributed by atoms with van der Waals surface area (Å²) in [7, 11) is 0. The largest absolute Gasteiger partial charge is 0.368 e. The first-order valence-electron chi connectivity index (χ1n) is 10.1. The smallest absolute Gasteiger partial charge is 0.251 e. The van der Waals surface area contributed by atoms with E-state index < -0.39 is 11.9 Å². The average Bonchev–Trinajstić information content (AvgIpc) is 2.74. The topological polar surface area (TPSA) is 72.2 Å². The molecule has 3 N–H and O–H groups in total. The van der Waals surface area contributed by atoms with E-state index in [9.17, 15) is 9.59 Å². The molecule has 154 valence electrons. The lowest BCUT2D eigenvalue weighted by Gasteiger charge is -2.27. The van der Waals surface area contributed by atoms with Crippen LogP contribution in [0.3, 0.4) is 0 Å². The van der Waals surface area contributed by atoms with Gasteiger partial charge >= 0.3 is 0 Å². The maximum absolute atomic E-state index is 13.0. The fourth-order valence-corrected chi connectivity index (χ4v) is 3.56. The average molecular weight is 401 g/mol. The van der Waals surface area contributed by atoms with Crippen molar-refractivity contribution in [2.45, 2.75) is 38.1 Å². The van der Waals surface area contributed by atoms with E-state index in [0.717, 1.165) is 16.7 Å². The number of nitrogens with two attached hydrogens (primary N) is 1. The van der Waals surface area contributed by atoms with Gasteiger partial charge in [-0.3, -0.25) is 9.59 Å². The van der Waals surface area contributed by atoms with Crippen LogP contribution < -0.4 is 11.1 Å². The Morgan fingerprint density at radius 3 is 1.63 bits per heavy atom. The highest BCUT2D eigenvalue weighted by Gasteiger charge is 2.31. The molecule has 0 unspecified atom stereocenters. The minimum absolute atomic E-state index is 0.00349. The van der Waals surface area contributed by atoms with Gasteiger partial charge in [-0.05, 0) is 34.2 Å². The van der Waals surface area contributed by atoms with Crippen LogP contribution in [0.25, 0.3) is 0 Å². The first-order valence-corrected chi connectivity index (χ1v) is 10.1. The molecule has 0 saturated heterocycles. The van der Waals surface area contributed by atoms with Gasteiger partial charge in [-0.1, -0.05) is 93.6 Å². The molecule has 0 spiro atoms. The van der Waals surface area contributed by atoms with Crippen LogP contribution in [0.1, 0.15) is 53.7 Å². The van der Waals surface area contributed by atoms with Crippen LogP contribution in [-0.4, -0.2) is 17.9 Å². The van der Waals surface area contributed by atoms with Crippen molar-refractivity contribution in [1.29, 1.82) is 0 Å². The first-order chi connectivity index (χ1) is 14.3. The number of carbonyl (C=O) groups is 2. The van der Waals surface area contributed by atoms with E-state index in [1.54, 1.807) is 12.1 Å². The fourth-order valence-electron chi connectivity index (χ4n) is 3.56. The molecule has 0 saturated carbocycles. The lowest BCUT2D eigenvalue weighted by atomic mass is 9.84. The molecule has 0 radical (unpaired) electrons. The van der Waals surface area contributed by atoms with Gasteiger partial charge in [0.1, 0.15) is 6.04 Å². The Morgan fingerprint density at radius 2 is 1.23 bits per heavy atom. The Bertz CT molecular complexity index is 951. The number of primary amides is 1. The first kappa shape index (κ1) is 21.3. The van der Waals surface area contributed by atoms with Crippen LogP contribution in [0.4, 0.5) is 0 Å². The van der Waals surface area contributed by atoms with Crippen LogP contribution in [-0.2, 0) is 10.2 Å². The van der Waals surface area contributed by atoms with E-state index in [-0.39, 0.29) is 17.2 Å². The summed E-state index contributed by atoms with van der Waals surface area (Å²) in [5, 5.41) is 2.87. The Morgan fingerprint density at radius 1 is 0.767 bits per heavy atom. The van der Waals surface area contributed by atoms with E-state index in [2.05, 4.69) is 26.1 Å². The summed E-state index contributed by atoms with van der Waals surface area (Å²) in [4.78, 5) is 25.4. The van der Waals surface area contributed by atoms with E-state index >= 15 is 0 Å². The van der Waals surface area contributed by atoms with E-state index in [1.165, 1.54) is 0 Å². The number of carbonyl (C=O) groups excluding carboxylic acids is 2. The molecule has 30 heavy (non-hydrogen) atoms. The second-order valence-electron chi connectivity index (χ2n) is 8.48. The molecule has 0 aliphatic heterocycles. The molecule has 0 aliphatic rings. The minimum Gasteiger partial charge on any atom is -0.368 e. The predicted molar refractivity (Wildman–Crippen MR) is 120 cm³/mol. The standard InChI is InChI=1S/C26H28N2O2/c1-26(2,3)21-16-14-20(15-17-21)25(30)28-23(24(27)29)22(18-10-6-4-7-11-18)19-12-8-5-9-13-19/h4-17,22-23H,1-3H3,(H2,27,29)(H,28,30)/t23-/m0/s1. The fraction of sp³-hybridized carbons (Fsp3) is 0.231. The summed E-state index contributed by atoms with van der Waals surface area (Å²) in [6.07, 6.45) is 0. The Kier molecular flexibility index (Phi) is 6.36. The van der Waals surface area contributed by atoms with E-state index in [0.29, 0.717) is 5.56 Å². The van der Waals surface area contributed by atoms with Crippen LogP contribution in [0.15, 0.2) is 84.9 Å². The lowest BCUT2D eigenvalue weighted by Crippen LogP contribution is -2.48. The van der Waals surface area contributed by atoms with Gasteiger partial charge in [0.2, 0.25) is 5.91 Å². The van der Waals surface area contributed by atoms with Crippen molar-refractivity contribution >= 4 is 11.8 Å². The summed E-state index contributed by atoms with van der Waals surface area (Å²) in [6.45, 7) is 6.36. The molecule has 0 bridgehead atoms. The molecular weight excluding hydrogens is 372 g/mol. The van der Waals surface area contributed by atoms with Gasteiger partial charge in [0.15, 0.2) is 0 Å². The SMILES string of the molecule is CC(C)(C)c1ccc(C(=O)N[C@H](C(N)=O)C(c2ccccc2)c2ccccc2)cc1. The van der Waals surface area contributed by atoms with Gasteiger partial charge in [0, 0.05) is 11.5 Å². The third-order valence-electron chi connectivity index (χ3n) is 5.26. The van der Waals surface area contributed by atoms with Gasteiger partial charge < -0.3 is 11.1 Å². The van der Waals surface area contributed by atoms with Crippen molar-refractivity contribution in [2.75, 3.05) is 0 Å². The zero-order chi connectivity index (χ0) is 21.7. The Hall–Kier alpha value is -3.40. The third-order valence-corrected chi connectivity index (χ3v) is 5.26. The Labute approximate surface area is 178 Å². The maximum Gasteiger partial charge on any atom is 0.251 e. The summed E-state index contributed by atoms with van der Waals surface area (Å²) in [6, 6.07) is 25.8. The van der Waals surface area contributed by atoms with Crippen LogP contribution >= 0.6 is 0 Å². The van der Waals surface area contributed by atoms with Gasteiger partial charge in [-0.15, -0.1) is 0 Å². The van der Waals surface area contributed by atoms with E-state index in [4.69, 9.17) is 5.73 Å². The monoisotopic (exact) mass is 400 g/mol. The molecule has 4 heteroatoms. The van der Waals surface area contributed by atoms with Crippen molar-refractivity contribution in [1.82, 2.24) is 5.32 Å². The number of nitrogens with one attached hydrogen (secondary N) is 1. The number of hydrogen-bond donors (Lipinski definition) is 2. The highest BCUT2D eigenvalue weighted by Crippen LogP contribution is 2.28. The quantitative estimate of drug-likeness (QED) is 0.644. The van der Waals surface area contributed by atoms with Crippen LogP contribution in [0, 0.1) is 0 Å². The molecule has 0 aliphatic carbocycles. The van der Waals surface area contributed by atoms with Gasteiger partial charge in [0.05, 0.1) is 0 Å². The summed E-state index contributed by atoms with van der Waals surface area (Å²) < 4.78 is 0. The molecule has 3 aromatic rings. The molecule has 4 nitrogen and oxygen atoms in total. The molecule has 0 heterocycles. The van der Waals surface area contributed by atoms with Crippen LogP contribution in [0.2, 0.25) is 0 Å². The molecular formula is C26H28N2O2. The van der Waals surface area contributed by atoms with Crippen molar-refractivity contribution in [3.05, 3.63) is 107 Å². The molecule has 3 aromatic carbocycles. The second kappa shape index (κ2) is 8.95. The van der Waals surface area contributed by atoms with Crippen molar-refractivity contribution in [2.24, 2.45) is 5.73 Å². The highest BCUT2D eigenvalue weighted by atomic mass is 16.2. The zero-order valence-corrected chi connectivity index (χ0v) is 17.6. The minimum atomic E-state index is -0.885. The molecule has 1 atom stereocenters. The van der Waals surface area contributed by atoms with Crippen molar-refractivity contribution < 1.29 is 9.59 Å². The summed E-state index contributed by atoms with van der Waals surface area (Å²) >= 11 is 0. The number of benzene rings is 3. The van der Waals surface area contributed by atoms with Gasteiger partial charge in [-0.2, -0.15) is 0 Å². The highest BCUT2D eigenvalue weighted by molar-refractivity contribution is 5.97. The zero-order valence-electron chi connectivity index (χ0n) is 17.6. The maximum atomic E-state index is 13.0. The predicted octanol–water partition coefficient (Wildman–Crippen LogP) is 4.40. The van der Waals surface area contributed by atoms with E-state index in [1.807, 2.05) is 72.8 Å². The van der Waals surface area contributed by atoms with Crippen molar-refractivity contribution in [3.63, 3.8) is 0 Å². The summed E-state index contributed by atoms with van der Waals surface area (Å²) in [5.74, 6) is -1.29. The Balaban J connectivity index is 1.93. The molecule has 3 rings (SSSR count). The normalized spacial score (nSPS) is 12.4. The third kappa shape index (κ3) is 4.95. The molecule has 0 fully saturated rings. The molecule has 0 aromatic heterocycles. The number of hydrogen-bond acceptors (Lipinski definition) is 2. The van der Waals surface area contributed by atoms with Gasteiger partial charge in [-0.25, -0.2) is 0 Å². The number of rotatable bonds is 6. The van der Waals surface area contributed by atoms with Crippen molar-refractivity contribution in [3.8, 4) is 0 Å². The van der Waals surface area contributed by atoms with Gasteiger partial charge in [0.25, 0.3) is 5.91 Å². The summed E-state index contributed by atoms with van der Waals surface area (Å²) in [5.41, 5.74) is 9.22. The molecule has 2 amide bonds.